The molecule has 0 fully saturated rings. The molecule has 0 spiro atoms. The Morgan fingerprint density at radius 1 is 0.667 bits per heavy atom. The number of nitrogens with zero attached hydrogens (tertiary/aromatic N) is 4. The third kappa shape index (κ3) is 165. The maximum absolute atomic E-state index is 9.81. The quantitative estimate of drug-likeness (QED) is 0.249. The van der Waals surface area contributed by atoms with E-state index in [1.165, 1.54) is 0 Å². The molecule has 2 radical (unpaired) electrons. The van der Waals surface area contributed by atoms with Crippen molar-refractivity contribution in [3.05, 3.63) is 30.6 Å². The Bertz CT molecular complexity index is 219. The SMILES string of the molecule is CN(C)CCC[O-].CN(C)CCC[O-].O=[N+]([O-])[O-].O=[N+]([O-])[O-].[Cu+2].[Cu+2]. The van der Waals surface area contributed by atoms with Crippen LogP contribution in [0.25, 0.3) is 0 Å². The van der Waals surface area contributed by atoms with Gasteiger partial charge in [0, 0.05) is 0 Å². The summed E-state index contributed by atoms with van der Waals surface area (Å²) in [5.41, 5.74) is 0. The van der Waals surface area contributed by atoms with Crippen molar-refractivity contribution in [2.24, 2.45) is 0 Å². The van der Waals surface area contributed by atoms with Crippen LogP contribution in [0.1, 0.15) is 12.8 Å². The van der Waals surface area contributed by atoms with Gasteiger partial charge in [0.05, 0.1) is 10.2 Å². The van der Waals surface area contributed by atoms with Crippen LogP contribution in [0, 0.1) is 30.6 Å². The van der Waals surface area contributed by atoms with E-state index < -0.39 is 10.2 Å². The normalized spacial score (nSPS) is 8.00. The van der Waals surface area contributed by atoms with Crippen molar-refractivity contribution in [1.82, 2.24) is 9.80 Å². The summed E-state index contributed by atoms with van der Waals surface area (Å²) < 4.78 is 0. The van der Waals surface area contributed by atoms with E-state index in [0.717, 1.165) is 25.9 Å². The molecule has 0 aromatic carbocycles. The third-order valence-electron chi connectivity index (χ3n) is 1.50. The molecule has 24 heavy (non-hydrogen) atoms. The first-order chi connectivity index (χ1) is 10.0. The van der Waals surface area contributed by atoms with Gasteiger partial charge >= 0.3 is 34.1 Å². The molecule has 0 rings (SSSR count). The summed E-state index contributed by atoms with van der Waals surface area (Å²) in [5.74, 6) is 0. The van der Waals surface area contributed by atoms with Gasteiger partial charge in [0.25, 0.3) is 0 Å². The number of rotatable bonds is 6. The fraction of sp³-hybridized carbons (Fsp3) is 1.00. The summed E-state index contributed by atoms with van der Waals surface area (Å²) in [7, 11) is 7.87. The van der Waals surface area contributed by atoms with E-state index in [1.54, 1.807) is 0 Å². The van der Waals surface area contributed by atoms with Crippen LogP contribution in [0.2, 0.25) is 0 Å². The predicted molar refractivity (Wildman–Crippen MR) is 76.8 cm³/mol. The van der Waals surface area contributed by atoms with E-state index in [0.29, 0.717) is 0 Å². The van der Waals surface area contributed by atoms with E-state index in [4.69, 9.17) is 30.6 Å². The molecule has 12 nitrogen and oxygen atoms in total. The van der Waals surface area contributed by atoms with E-state index in [9.17, 15) is 10.2 Å². The molecule has 0 amide bonds. The van der Waals surface area contributed by atoms with Crippen LogP contribution in [0.3, 0.4) is 0 Å². The Labute approximate surface area is 162 Å². The number of hydrogen-bond donors (Lipinski definition) is 0. The van der Waals surface area contributed by atoms with Gasteiger partial charge in [-0.05, 0) is 41.3 Å². The van der Waals surface area contributed by atoms with Crippen LogP contribution in [0.4, 0.5) is 0 Å². The summed E-state index contributed by atoms with van der Waals surface area (Å²) in [6, 6.07) is 0. The Kier molecular flexibility index (Phi) is 54.5. The summed E-state index contributed by atoms with van der Waals surface area (Å²) in [5, 5.41) is 49.1. The van der Waals surface area contributed by atoms with E-state index in [1.807, 2.05) is 38.0 Å². The fourth-order valence-electron chi connectivity index (χ4n) is 0.762. The first-order valence-electron chi connectivity index (χ1n) is 6.09. The average Bonchev–Trinajstić information content (AvgIpc) is 2.33. The largest absolute Gasteiger partial charge is 2.00 e. The van der Waals surface area contributed by atoms with Gasteiger partial charge in [0.1, 0.15) is 0 Å². The molecule has 14 heteroatoms. The summed E-state index contributed by atoms with van der Waals surface area (Å²) in [4.78, 5) is 20.5. The molecule has 0 heterocycles. The molecule has 0 aromatic heterocycles. The standard InChI is InChI=1S/2C5H12NO.2Cu.2NO3/c2*1-6(2)4-3-5-7;;;2*2-1(3)4/h2*3-5H2,1-2H3;;;;/q2*-1;2*+2;2*-1. The van der Waals surface area contributed by atoms with Crippen molar-refractivity contribution in [2.75, 3.05) is 54.5 Å². The molecule has 0 aliphatic carbocycles. The van der Waals surface area contributed by atoms with E-state index >= 15 is 0 Å². The summed E-state index contributed by atoms with van der Waals surface area (Å²) in [6.07, 6.45) is 1.54. The molecule has 0 aromatic rings. The molecule has 0 aliphatic rings. The van der Waals surface area contributed by atoms with Crippen LogP contribution in [-0.2, 0) is 34.1 Å². The summed E-state index contributed by atoms with van der Waals surface area (Å²) in [6.45, 7) is 1.95. The fourth-order valence-corrected chi connectivity index (χ4v) is 0.762. The predicted octanol–water partition coefficient (Wildman–Crippen LogP) is -1.89. The van der Waals surface area contributed by atoms with Crippen molar-refractivity contribution in [3.8, 4) is 0 Å². The van der Waals surface area contributed by atoms with Gasteiger partial charge in [-0.15, -0.1) is 13.2 Å². The van der Waals surface area contributed by atoms with Crippen LogP contribution in [0.5, 0.6) is 0 Å². The second-order valence-electron chi connectivity index (χ2n) is 4.17. The van der Waals surface area contributed by atoms with Crippen LogP contribution in [-0.4, -0.2) is 74.5 Å². The third-order valence-corrected chi connectivity index (χ3v) is 1.50. The smallest absolute Gasteiger partial charge is 0.854 e. The van der Waals surface area contributed by atoms with Gasteiger partial charge in [0.15, 0.2) is 0 Å². The van der Waals surface area contributed by atoms with Crippen molar-refractivity contribution < 1.29 is 54.5 Å². The Balaban J connectivity index is -0.0000000453. The van der Waals surface area contributed by atoms with Crippen molar-refractivity contribution in [1.29, 1.82) is 0 Å². The topological polar surface area (TPSA) is 185 Å². The Morgan fingerprint density at radius 2 is 0.833 bits per heavy atom. The molecule has 0 bridgehead atoms. The molecule has 0 N–H and O–H groups in total. The molecule has 0 unspecified atom stereocenters. The van der Waals surface area contributed by atoms with Crippen LogP contribution in [0.15, 0.2) is 0 Å². The first kappa shape index (κ1) is 38.7. The van der Waals surface area contributed by atoms with Crippen LogP contribution < -0.4 is 10.2 Å². The van der Waals surface area contributed by atoms with Gasteiger partial charge < -0.3 is 50.7 Å². The molecule has 0 saturated carbocycles. The van der Waals surface area contributed by atoms with Gasteiger partial charge in [-0.2, -0.15) is 0 Å². The molecular weight excluding hydrogens is 431 g/mol. The Morgan fingerprint density at radius 3 is 0.875 bits per heavy atom. The van der Waals surface area contributed by atoms with Gasteiger partial charge in [-0.25, -0.2) is 0 Å². The van der Waals surface area contributed by atoms with Crippen molar-refractivity contribution in [2.45, 2.75) is 12.8 Å². The second-order valence-corrected chi connectivity index (χ2v) is 4.17. The van der Waals surface area contributed by atoms with Gasteiger partial charge in [0.2, 0.25) is 0 Å². The average molecular weight is 455 g/mol. The maximum atomic E-state index is 9.81. The molecule has 154 valence electrons. The summed E-state index contributed by atoms with van der Waals surface area (Å²) >= 11 is 0. The minimum atomic E-state index is -1.75. The molecule has 0 atom stereocenters. The monoisotopic (exact) mass is 454 g/mol. The van der Waals surface area contributed by atoms with Crippen LogP contribution >= 0.6 is 0 Å². The molecular formula is C10H24Cu2N4O8. The molecule has 0 aliphatic heterocycles. The zero-order chi connectivity index (χ0) is 18.6. The van der Waals surface area contributed by atoms with Crippen molar-refractivity contribution in [3.63, 3.8) is 0 Å². The molecule has 0 saturated heterocycles. The zero-order valence-corrected chi connectivity index (χ0v) is 15.8. The maximum Gasteiger partial charge on any atom is 2.00 e. The van der Waals surface area contributed by atoms with E-state index in [-0.39, 0.29) is 47.4 Å². The number of hydrogen-bond acceptors (Lipinski definition) is 10. The van der Waals surface area contributed by atoms with Crippen molar-refractivity contribution >= 4 is 0 Å². The minimum Gasteiger partial charge on any atom is -0.854 e. The second kappa shape index (κ2) is 33.8. The Hall–Kier alpha value is -0.721. The van der Waals surface area contributed by atoms with Gasteiger partial charge in [-0.3, -0.25) is 0 Å². The zero-order valence-electron chi connectivity index (χ0n) is 13.9. The minimum absolute atomic E-state index is 0. The van der Waals surface area contributed by atoms with Gasteiger partial charge in [-0.1, -0.05) is 12.8 Å². The first-order valence-corrected chi connectivity index (χ1v) is 6.09. The van der Waals surface area contributed by atoms with E-state index in [2.05, 4.69) is 0 Å².